The van der Waals surface area contributed by atoms with Crippen molar-refractivity contribution < 1.29 is 0 Å². The van der Waals surface area contributed by atoms with E-state index < -0.39 is 0 Å². The summed E-state index contributed by atoms with van der Waals surface area (Å²) in [6, 6.07) is 14.4. The fraction of sp³-hybridized carbons (Fsp3) is 0.222. The standard InChI is InChI=1S/C18H17Cl2N/c1-11(21)14-8-12-4-2-3-5-15(12)16(9-14)13-6-7-17(19)18(20)10-13/h2-8,10-11,16H,9,21H2,1H3. The van der Waals surface area contributed by atoms with E-state index in [9.17, 15) is 0 Å². The summed E-state index contributed by atoms with van der Waals surface area (Å²) in [5.74, 6) is 0.280. The Kier molecular flexibility index (Phi) is 4.08. The summed E-state index contributed by atoms with van der Waals surface area (Å²) < 4.78 is 0. The van der Waals surface area contributed by atoms with Gasteiger partial charge < -0.3 is 5.73 Å². The maximum Gasteiger partial charge on any atom is 0.0595 e. The van der Waals surface area contributed by atoms with Crippen LogP contribution in [0, 0.1) is 0 Å². The molecule has 2 aromatic carbocycles. The van der Waals surface area contributed by atoms with Gasteiger partial charge in [0.05, 0.1) is 10.0 Å². The predicted molar refractivity (Wildman–Crippen MR) is 91.0 cm³/mol. The minimum absolute atomic E-state index is 0.0589. The van der Waals surface area contributed by atoms with E-state index in [4.69, 9.17) is 28.9 Å². The van der Waals surface area contributed by atoms with Crippen LogP contribution in [-0.2, 0) is 0 Å². The molecule has 21 heavy (non-hydrogen) atoms. The van der Waals surface area contributed by atoms with Crippen molar-refractivity contribution in [3.8, 4) is 0 Å². The number of hydrogen-bond acceptors (Lipinski definition) is 1. The number of rotatable bonds is 2. The number of halogens is 2. The highest BCUT2D eigenvalue weighted by Crippen LogP contribution is 2.40. The van der Waals surface area contributed by atoms with Crippen molar-refractivity contribution in [1.29, 1.82) is 0 Å². The summed E-state index contributed by atoms with van der Waals surface area (Å²) in [6.45, 7) is 2.03. The van der Waals surface area contributed by atoms with E-state index in [0.29, 0.717) is 10.0 Å². The molecule has 0 fully saturated rings. The molecule has 0 amide bonds. The first-order valence-electron chi connectivity index (χ1n) is 7.06. The molecule has 2 N–H and O–H groups in total. The van der Waals surface area contributed by atoms with Crippen LogP contribution in [0.1, 0.15) is 36.0 Å². The highest BCUT2D eigenvalue weighted by molar-refractivity contribution is 6.42. The van der Waals surface area contributed by atoms with E-state index in [1.165, 1.54) is 22.3 Å². The fourth-order valence-electron chi connectivity index (χ4n) is 2.91. The average molecular weight is 318 g/mol. The molecular formula is C18H17Cl2N. The fourth-order valence-corrected chi connectivity index (χ4v) is 3.21. The van der Waals surface area contributed by atoms with Crippen molar-refractivity contribution in [2.45, 2.75) is 25.3 Å². The summed E-state index contributed by atoms with van der Waals surface area (Å²) in [5, 5.41) is 1.19. The second-order valence-corrected chi connectivity index (χ2v) is 6.38. The van der Waals surface area contributed by atoms with Crippen molar-refractivity contribution >= 4 is 29.3 Å². The lowest BCUT2D eigenvalue weighted by Crippen LogP contribution is -2.22. The molecule has 3 heteroatoms. The molecule has 0 bridgehead atoms. The van der Waals surface area contributed by atoms with Gasteiger partial charge in [-0.15, -0.1) is 0 Å². The molecule has 0 heterocycles. The average Bonchev–Trinajstić information content (AvgIpc) is 2.49. The van der Waals surface area contributed by atoms with Gasteiger partial charge in [-0.1, -0.05) is 65.2 Å². The van der Waals surface area contributed by atoms with Crippen LogP contribution >= 0.6 is 23.2 Å². The zero-order chi connectivity index (χ0) is 15.0. The summed E-state index contributed by atoms with van der Waals surface area (Å²) >= 11 is 12.2. The van der Waals surface area contributed by atoms with Crippen molar-refractivity contribution in [1.82, 2.24) is 0 Å². The van der Waals surface area contributed by atoms with Gasteiger partial charge in [0.2, 0.25) is 0 Å². The number of benzene rings is 2. The molecule has 0 saturated carbocycles. The molecule has 0 aromatic heterocycles. The van der Waals surface area contributed by atoms with Gasteiger partial charge in [0.15, 0.2) is 0 Å². The Balaban J connectivity index is 2.10. The molecule has 0 aliphatic heterocycles. The molecule has 1 aliphatic carbocycles. The van der Waals surface area contributed by atoms with Crippen LogP contribution in [0.5, 0.6) is 0 Å². The maximum absolute atomic E-state index is 6.19. The first-order chi connectivity index (χ1) is 10.1. The van der Waals surface area contributed by atoms with Crippen LogP contribution in [0.25, 0.3) is 6.08 Å². The molecular weight excluding hydrogens is 301 g/mol. The van der Waals surface area contributed by atoms with Gasteiger partial charge in [0.25, 0.3) is 0 Å². The van der Waals surface area contributed by atoms with Crippen LogP contribution in [0.2, 0.25) is 10.0 Å². The number of fused-ring (bicyclic) bond motifs is 1. The third-order valence-electron chi connectivity index (χ3n) is 4.08. The van der Waals surface area contributed by atoms with Crippen LogP contribution in [0.4, 0.5) is 0 Å². The van der Waals surface area contributed by atoms with Crippen molar-refractivity contribution in [2.24, 2.45) is 5.73 Å². The molecule has 1 aliphatic rings. The van der Waals surface area contributed by atoms with Crippen LogP contribution in [0.15, 0.2) is 48.0 Å². The second-order valence-electron chi connectivity index (χ2n) is 5.57. The van der Waals surface area contributed by atoms with E-state index in [1.807, 2.05) is 19.1 Å². The van der Waals surface area contributed by atoms with E-state index in [1.54, 1.807) is 0 Å². The molecule has 2 unspecified atom stereocenters. The van der Waals surface area contributed by atoms with Gasteiger partial charge in [-0.2, -0.15) is 0 Å². The third kappa shape index (κ3) is 2.87. The zero-order valence-corrected chi connectivity index (χ0v) is 13.3. The van der Waals surface area contributed by atoms with Gasteiger partial charge >= 0.3 is 0 Å². The van der Waals surface area contributed by atoms with E-state index in [2.05, 4.69) is 36.4 Å². The topological polar surface area (TPSA) is 26.0 Å². The minimum Gasteiger partial charge on any atom is -0.324 e. The van der Waals surface area contributed by atoms with Gasteiger partial charge in [0.1, 0.15) is 0 Å². The van der Waals surface area contributed by atoms with Gasteiger partial charge in [-0.25, -0.2) is 0 Å². The molecule has 0 radical (unpaired) electrons. The van der Waals surface area contributed by atoms with Gasteiger partial charge in [0, 0.05) is 12.0 Å². The maximum atomic E-state index is 6.19. The minimum atomic E-state index is 0.0589. The first-order valence-corrected chi connectivity index (χ1v) is 7.82. The molecule has 3 rings (SSSR count). The number of nitrogens with two attached hydrogens (primary N) is 1. The summed E-state index contributed by atoms with van der Waals surface area (Å²) in [7, 11) is 0. The largest absolute Gasteiger partial charge is 0.324 e. The van der Waals surface area contributed by atoms with E-state index in [-0.39, 0.29) is 12.0 Å². The number of hydrogen-bond donors (Lipinski definition) is 1. The highest BCUT2D eigenvalue weighted by atomic mass is 35.5. The Labute approximate surface area is 135 Å². The second kappa shape index (κ2) is 5.84. The van der Waals surface area contributed by atoms with Crippen LogP contribution in [0.3, 0.4) is 0 Å². The Bertz CT molecular complexity index is 704. The van der Waals surface area contributed by atoms with E-state index >= 15 is 0 Å². The quantitative estimate of drug-likeness (QED) is 0.803. The van der Waals surface area contributed by atoms with Crippen molar-refractivity contribution in [2.75, 3.05) is 0 Å². The highest BCUT2D eigenvalue weighted by Gasteiger charge is 2.24. The van der Waals surface area contributed by atoms with Gasteiger partial charge in [-0.3, -0.25) is 0 Å². The smallest absolute Gasteiger partial charge is 0.0595 e. The molecule has 2 atom stereocenters. The zero-order valence-electron chi connectivity index (χ0n) is 11.8. The first kappa shape index (κ1) is 14.6. The van der Waals surface area contributed by atoms with Crippen molar-refractivity contribution in [3.05, 3.63) is 74.8 Å². The van der Waals surface area contributed by atoms with Crippen LogP contribution in [-0.4, -0.2) is 6.04 Å². The normalized spacial score (nSPS) is 18.9. The Hall–Kier alpha value is -1.28. The van der Waals surface area contributed by atoms with E-state index in [0.717, 1.165) is 6.42 Å². The molecule has 108 valence electrons. The molecule has 2 aromatic rings. The summed E-state index contributed by atoms with van der Waals surface area (Å²) in [4.78, 5) is 0. The Morgan fingerprint density at radius 2 is 1.86 bits per heavy atom. The van der Waals surface area contributed by atoms with Crippen molar-refractivity contribution in [3.63, 3.8) is 0 Å². The SMILES string of the molecule is CC(N)C1=Cc2ccccc2C(c2ccc(Cl)c(Cl)c2)C1. The van der Waals surface area contributed by atoms with Crippen LogP contribution < -0.4 is 5.73 Å². The monoisotopic (exact) mass is 317 g/mol. The molecule has 0 saturated heterocycles. The Morgan fingerprint density at radius 3 is 2.57 bits per heavy atom. The molecule has 0 spiro atoms. The lowest BCUT2D eigenvalue weighted by atomic mass is 9.78. The lowest BCUT2D eigenvalue weighted by Gasteiger charge is -2.28. The third-order valence-corrected chi connectivity index (χ3v) is 4.82. The predicted octanol–water partition coefficient (Wildman–Crippen LogP) is 5.26. The van der Waals surface area contributed by atoms with Gasteiger partial charge in [-0.05, 0) is 42.2 Å². The lowest BCUT2D eigenvalue weighted by molar-refractivity contribution is 0.714. The summed E-state index contributed by atoms with van der Waals surface area (Å²) in [6.07, 6.45) is 3.14. The summed E-state index contributed by atoms with van der Waals surface area (Å²) in [5.41, 5.74) is 11.1. The Morgan fingerprint density at radius 1 is 1.10 bits per heavy atom. The molecule has 1 nitrogen and oxygen atoms in total.